The van der Waals surface area contributed by atoms with Crippen LogP contribution in [0.5, 0.6) is 0 Å². The first-order chi connectivity index (χ1) is 9.70. The molecule has 0 spiro atoms. The zero-order chi connectivity index (χ0) is 14.1. The van der Waals surface area contributed by atoms with E-state index in [2.05, 4.69) is 14.6 Å². The lowest BCUT2D eigenvalue weighted by atomic mass is 10.4. The van der Waals surface area contributed by atoms with E-state index in [4.69, 9.17) is 21.3 Å². The summed E-state index contributed by atoms with van der Waals surface area (Å²) in [5.41, 5.74) is 0.365. The fraction of sp³-hybridized carbons (Fsp3) is 0.0909. The lowest BCUT2D eigenvalue weighted by Crippen LogP contribution is -1.93. The van der Waals surface area contributed by atoms with E-state index < -0.39 is 0 Å². The molecule has 0 fully saturated rings. The highest BCUT2D eigenvalue weighted by Crippen LogP contribution is 2.36. The Morgan fingerprint density at radius 2 is 2.35 bits per heavy atom. The van der Waals surface area contributed by atoms with Crippen LogP contribution in [0.4, 0.5) is 0 Å². The van der Waals surface area contributed by atoms with Crippen molar-refractivity contribution in [2.75, 3.05) is 0 Å². The molecule has 0 aromatic carbocycles. The van der Waals surface area contributed by atoms with Gasteiger partial charge in [0.2, 0.25) is 0 Å². The van der Waals surface area contributed by atoms with Crippen LogP contribution in [-0.2, 0) is 7.05 Å². The molecule has 3 rings (SSSR count). The Bertz CT molecular complexity index is 786. The molecule has 6 nitrogen and oxygen atoms in total. The second-order valence-electron chi connectivity index (χ2n) is 3.69. The molecule has 100 valence electrons. The van der Waals surface area contributed by atoms with Gasteiger partial charge in [0.05, 0.1) is 6.26 Å². The Morgan fingerprint density at radius 3 is 3.05 bits per heavy atom. The van der Waals surface area contributed by atoms with Crippen molar-refractivity contribution in [3.8, 4) is 17.7 Å². The molecule has 3 aromatic heterocycles. The Labute approximate surface area is 127 Å². The Hall–Kier alpha value is -1.82. The fourth-order valence-corrected chi connectivity index (χ4v) is 3.57. The van der Waals surface area contributed by atoms with E-state index in [1.165, 1.54) is 11.8 Å². The maximum atomic E-state index is 9.05. The Balaban J connectivity index is 1.95. The summed E-state index contributed by atoms with van der Waals surface area (Å²) in [5.74, 6) is 1.25. The van der Waals surface area contributed by atoms with Crippen LogP contribution in [0.15, 0.2) is 32.2 Å². The summed E-state index contributed by atoms with van der Waals surface area (Å²) < 4.78 is 11.7. The van der Waals surface area contributed by atoms with Crippen LogP contribution in [0.2, 0.25) is 5.15 Å². The van der Waals surface area contributed by atoms with Gasteiger partial charge < -0.3 is 8.98 Å². The minimum Gasteiger partial charge on any atom is -0.461 e. The van der Waals surface area contributed by atoms with E-state index >= 15 is 0 Å². The Morgan fingerprint density at radius 1 is 1.50 bits per heavy atom. The van der Waals surface area contributed by atoms with E-state index in [9.17, 15) is 0 Å². The summed E-state index contributed by atoms with van der Waals surface area (Å²) in [4.78, 5) is 0. The van der Waals surface area contributed by atoms with Crippen molar-refractivity contribution in [3.05, 3.63) is 29.1 Å². The van der Waals surface area contributed by atoms with Gasteiger partial charge in [-0.05, 0) is 35.4 Å². The maximum absolute atomic E-state index is 9.05. The van der Waals surface area contributed by atoms with Crippen molar-refractivity contribution in [2.24, 2.45) is 7.05 Å². The molecule has 3 aromatic rings. The van der Waals surface area contributed by atoms with E-state index in [0.717, 1.165) is 11.5 Å². The van der Waals surface area contributed by atoms with Gasteiger partial charge in [0.25, 0.3) is 0 Å². The number of aromatic nitrogens is 4. The number of nitrogens with zero attached hydrogens (tertiary/aromatic N) is 5. The molecule has 0 aliphatic rings. The van der Waals surface area contributed by atoms with Crippen LogP contribution in [0.25, 0.3) is 11.6 Å². The molecule has 0 aliphatic heterocycles. The summed E-state index contributed by atoms with van der Waals surface area (Å²) in [7, 11) is 1.83. The normalized spacial score (nSPS) is 10.7. The molecule has 0 saturated carbocycles. The summed E-state index contributed by atoms with van der Waals surface area (Å²) >= 11 is 8.31. The highest BCUT2D eigenvalue weighted by atomic mass is 35.5. The molecule has 0 unspecified atom stereocenters. The quantitative estimate of drug-likeness (QED) is 0.736. The van der Waals surface area contributed by atoms with Gasteiger partial charge in [0.1, 0.15) is 15.8 Å². The highest BCUT2D eigenvalue weighted by molar-refractivity contribution is 8.01. The van der Waals surface area contributed by atoms with E-state index in [1.54, 1.807) is 16.9 Å². The van der Waals surface area contributed by atoms with Crippen molar-refractivity contribution < 1.29 is 4.42 Å². The number of hydrogen-bond acceptors (Lipinski definition) is 7. The summed E-state index contributed by atoms with van der Waals surface area (Å²) in [6, 6.07) is 5.63. The van der Waals surface area contributed by atoms with Gasteiger partial charge >= 0.3 is 0 Å². The average molecular weight is 324 g/mol. The summed E-state index contributed by atoms with van der Waals surface area (Å²) in [5, 5.41) is 18.1. The van der Waals surface area contributed by atoms with Gasteiger partial charge in [-0.25, -0.2) is 0 Å². The second-order valence-corrected chi connectivity index (χ2v) is 6.06. The molecule has 0 N–H and O–H groups in total. The minimum absolute atomic E-state index is 0.216. The monoisotopic (exact) mass is 323 g/mol. The van der Waals surface area contributed by atoms with Gasteiger partial charge in [-0.2, -0.15) is 9.64 Å². The third kappa shape index (κ3) is 2.20. The van der Waals surface area contributed by atoms with Crippen molar-refractivity contribution in [3.63, 3.8) is 0 Å². The highest BCUT2D eigenvalue weighted by Gasteiger charge is 2.18. The number of rotatable bonds is 3. The van der Waals surface area contributed by atoms with Crippen LogP contribution in [-0.4, -0.2) is 19.1 Å². The molecule has 0 radical (unpaired) electrons. The number of hydrogen-bond donors (Lipinski definition) is 0. The molecule has 0 saturated heterocycles. The first kappa shape index (κ1) is 13.2. The number of halogens is 1. The minimum atomic E-state index is 0.216. The summed E-state index contributed by atoms with van der Waals surface area (Å²) in [6.45, 7) is 0. The lowest BCUT2D eigenvalue weighted by Gasteiger charge is -2.00. The van der Waals surface area contributed by atoms with Crippen molar-refractivity contribution in [2.45, 2.75) is 9.37 Å². The van der Waals surface area contributed by atoms with Gasteiger partial charge in [-0.15, -0.1) is 10.2 Å². The standard InChI is InChI=1S/C11H6ClN5OS2/c1-17-9(7-3-2-4-18-7)14-15-11(17)19-10-6(5-13)8(12)16-20-10/h2-4H,1H3. The van der Waals surface area contributed by atoms with Crippen LogP contribution in [0.3, 0.4) is 0 Å². The van der Waals surface area contributed by atoms with E-state index in [0.29, 0.717) is 26.5 Å². The predicted molar refractivity (Wildman–Crippen MR) is 74.7 cm³/mol. The van der Waals surface area contributed by atoms with Crippen LogP contribution in [0.1, 0.15) is 5.56 Å². The van der Waals surface area contributed by atoms with Crippen molar-refractivity contribution in [1.82, 2.24) is 19.1 Å². The molecule has 20 heavy (non-hydrogen) atoms. The third-order valence-electron chi connectivity index (χ3n) is 2.49. The SMILES string of the molecule is Cn1c(Sc2snc(Cl)c2C#N)nnc1-c1ccco1. The first-order valence-electron chi connectivity index (χ1n) is 5.37. The van der Waals surface area contributed by atoms with Crippen molar-refractivity contribution in [1.29, 1.82) is 5.26 Å². The smallest absolute Gasteiger partial charge is 0.200 e. The summed E-state index contributed by atoms with van der Waals surface area (Å²) in [6.07, 6.45) is 1.58. The molecular weight excluding hydrogens is 318 g/mol. The zero-order valence-corrected chi connectivity index (χ0v) is 12.5. The van der Waals surface area contributed by atoms with Gasteiger partial charge in [0, 0.05) is 7.05 Å². The van der Waals surface area contributed by atoms with Crippen LogP contribution >= 0.6 is 34.9 Å². The largest absolute Gasteiger partial charge is 0.461 e. The third-order valence-corrected chi connectivity index (χ3v) is 4.91. The molecule has 0 bridgehead atoms. The molecule has 0 amide bonds. The topological polar surface area (TPSA) is 80.5 Å². The molecular formula is C11H6ClN5OS2. The number of nitriles is 1. The van der Waals surface area contributed by atoms with E-state index in [1.807, 2.05) is 19.2 Å². The predicted octanol–water partition coefficient (Wildman–Crippen LogP) is 3.21. The van der Waals surface area contributed by atoms with Crippen molar-refractivity contribution >= 4 is 34.9 Å². The zero-order valence-electron chi connectivity index (χ0n) is 10.1. The molecule has 3 heterocycles. The van der Waals surface area contributed by atoms with Gasteiger partial charge in [-0.1, -0.05) is 11.6 Å². The lowest BCUT2D eigenvalue weighted by molar-refractivity contribution is 0.572. The first-order valence-corrected chi connectivity index (χ1v) is 7.34. The van der Waals surface area contributed by atoms with E-state index in [-0.39, 0.29) is 5.15 Å². The molecule has 9 heteroatoms. The fourth-order valence-electron chi connectivity index (χ4n) is 1.53. The Kier molecular flexibility index (Phi) is 3.48. The van der Waals surface area contributed by atoms with Gasteiger partial charge in [-0.3, -0.25) is 0 Å². The van der Waals surface area contributed by atoms with Crippen LogP contribution < -0.4 is 0 Å². The van der Waals surface area contributed by atoms with Gasteiger partial charge in [0.15, 0.2) is 21.9 Å². The molecule has 0 atom stereocenters. The average Bonchev–Trinajstić information content (AvgIpc) is 3.13. The maximum Gasteiger partial charge on any atom is 0.200 e. The second kappa shape index (κ2) is 5.28. The number of furan rings is 1. The molecule has 0 aliphatic carbocycles. The van der Waals surface area contributed by atoms with Crippen LogP contribution in [0, 0.1) is 11.3 Å².